The number of nitriles is 1. The van der Waals surface area contributed by atoms with E-state index in [1.807, 2.05) is 6.19 Å². The summed E-state index contributed by atoms with van der Waals surface area (Å²) in [6.07, 6.45) is 2.08. The zero-order valence-electron chi connectivity index (χ0n) is 15.5. The van der Waals surface area contributed by atoms with Gasteiger partial charge in [-0.25, -0.2) is 4.90 Å². The van der Waals surface area contributed by atoms with E-state index >= 15 is 0 Å². The van der Waals surface area contributed by atoms with Crippen LogP contribution in [0, 0.1) is 21.6 Å². The lowest BCUT2D eigenvalue weighted by atomic mass is 10.0. The van der Waals surface area contributed by atoms with Gasteiger partial charge in [-0.05, 0) is 49.0 Å². The van der Waals surface area contributed by atoms with E-state index in [0.717, 1.165) is 10.5 Å². The number of likely N-dealkylation sites (N-methyl/N-ethyl adjacent to an activating group) is 1. The van der Waals surface area contributed by atoms with Crippen molar-refractivity contribution in [3.05, 3.63) is 64.2 Å². The van der Waals surface area contributed by atoms with Crippen molar-refractivity contribution in [1.82, 2.24) is 10.2 Å². The number of carbonyl (C=O) groups excluding carboxylic acids is 1. The molecule has 2 aromatic rings. The number of nitro groups is 1. The molecule has 1 unspecified atom stereocenters. The number of aromatic hydroxyl groups is 1. The van der Waals surface area contributed by atoms with Crippen molar-refractivity contribution in [3.63, 3.8) is 0 Å². The van der Waals surface area contributed by atoms with Crippen LogP contribution in [0.4, 0.5) is 11.4 Å². The highest BCUT2D eigenvalue weighted by atomic mass is 32.1. The summed E-state index contributed by atoms with van der Waals surface area (Å²) in [5.41, 5.74) is 1.22. The summed E-state index contributed by atoms with van der Waals surface area (Å²) in [6, 6.07) is 11.2. The summed E-state index contributed by atoms with van der Waals surface area (Å²) in [7, 11) is 0. The van der Waals surface area contributed by atoms with E-state index in [1.54, 1.807) is 19.1 Å². The first kappa shape index (κ1) is 21.6. The molecular weight excluding hydrogens is 394 g/mol. The zero-order chi connectivity index (χ0) is 21.4. The molecule has 0 fully saturated rings. The van der Waals surface area contributed by atoms with Gasteiger partial charge in [-0.1, -0.05) is 12.1 Å². The molecular formula is C19H19N5O4S. The smallest absolute Gasteiger partial charge is 0.269 e. The fourth-order valence-corrected chi connectivity index (χ4v) is 2.78. The zero-order valence-corrected chi connectivity index (χ0v) is 16.3. The van der Waals surface area contributed by atoms with Crippen molar-refractivity contribution in [3.8, 4) is 11.9 Å². The van der Waals surface area contributed by atoms with Crippen LogP contribution in [0.5, 0.6) is 5.75 Å². The van der Waals surface area contributed by atoms with Crippen molar-refractivity contribution >= 4 is 34.6 Å². The molecule has 0 aliphatic heterocycles. The summed E-state index contributed by atoms with van der Waals surface area (Å²) >= 11 is 5.26. The molecule has 0 radical (unpaired) electrons. The topological polar surface area (TPSA) is 132 Å². The molecule has 9 nitrogen and oxygen atoms in total. The maximum absolute atomic E-state index is 12.7. The highest BCUT2D eigenvalue weighted by Gasteiger charge is 2.25. The predicted molar refractivity (Wildman–Crippen MR) is 111 cm³/mol. The van der Waals surface area contributed by atoms with E-state index in [2.05, 4.69) is 10.6 Å². The summed E-state index contributed by atoms with van der Waals surface area (Å²) in [4.78, 5) is 24.0. The number of phenolic OH excluding ortho intramolecular Hbond substituents is 1. The van der Waals surface area contributed by atoms with Crippen LogP contribution in [-0.4, -0.2) is 38.5 Å². The number of non-ortho nitro benzene ring substituents is 1. The van der Waals surface area contributed by atoms with Crippen molar-refractivity contribution in [2.75, 3.05) is 11.9 Å². The van der Waals surface area contributed by atoms with Crippen LogP contribution in [0.25, 0.3) is 0 Å². The summed E-state index contributed by atoms with van der Waals surface area (Å²) in [6.45, 7) is 1.90. The van der Waals surface area contributed by atoms with Crippen LogP contribution in [0.1, 0.15) is 12.5 Å². The Morgan fingerprint density at radius 1 is 1.28 bits per heavy atom. The van der Waals surface area contributed by atoms with Gasteiger partial charge in [-0.2, -0.15) is 5.26 Å². The number of nitrogens with zero attached hydrogens (tertiary/aromatic N) is 3. The first-order valence-corrected chi connectivity index (χ1v) is 9.05. The van der Waals surface area contributed by atoms with Gasteiger partial charge in [0.25, 0.3) is 11.6 Å². The van der Waals surface area contributed by atoms with Gasteiger partial charge in [0.2, 0.25) is 0 Å². The van der Waals surface area contributed by atoms with E-state index in [1.165, 1.54) is 36.4 Å². The average molecular weight is 413 g/mol. The van der Waals surface area contributed by atoms with Gasteiger partial charge in [0.05, 0.1) is 4.92 Å². The predicted octanol–water partition coefficient (Wildman–Crippen LogP) is 2.53. The van der Waals surface area contributed by atoms with Crippen molar-refractivity contribution in [2.24, 2.45) is 0 Å². The number of hydrogen-bond acceptors (Lipinski definition) is 6. The lowest BCUT2D eigenvalue weighted by molar-refractivity contribution is -0.384. The molecule has 0 aromatic heterocycles. The largest absolute Gasteiger partial charge is 0.508 e. The number of benzene rings is 2. The SMILES string of the molecule is CCN(C#N)C(=O)C(Cc1ccc(O)cc1)NC(=S)Nc1ccc([N+](=O)[O-])cc1. The lowest BCUT2D eigenvalue weighted by Gasteiger charge is -2.23. The van der Waals surface area contributed by atoms with Crippen molar-refractivity contribution < 1.29 is 14.8 Å². The molecule has 0 aliphatic rings. The summed E-state index contributed by atoms with van der Waals surface area (Å²) in [5, 5.41) is 35.2. The Hall–Kier alpha value is -3.71. The molecule has 10 heteroatoms. The van der Waals surface area contributed by atoms with Gasteiger partial charge in [0.1, 0.15) is 11.8 Å². The Morgan fingerprint density at radius 2 is 1.90 bits per heavy atom. The van der Waals surface area contributed by atoms with Crippen LogP contribution in [0.3, 0.4) is 0 Å². The maximum Gasteiger partial charge on any atom is 0.269 e. The second kappa shape index (κ2) is 10.0. The molecule has 0 saturated heterocycles. The Labute approximate surface area is 172 Å². The second-order valence-electron chi connectivity index (χ2n) is 6.01. The normalized spacial score (nSPS) is 11.0. The second-order valence-corrected chi connectivity index (χ2v) is 6.42. The molecule has 0 saturated carbocycles. The van der Waals surface area contributed by atoms with E-state index in [-0.39, 0.29) is 29.5 Å². The Balaban J connectivity index is 2.13. The third-order valence-electron chi connectivity index (χ3n) is 4.02. The number of nitro benzene ring substituents is 1. The first-order valence-electron chi connectivity index (χ1n) is 8.65. The molecule has 150 valence electrons. The monoisotopic (exact) mass is 413 g/mol. The number of phenols is 1. The Morgan fingerprint density at radius 3 is 2.41 bits per heavy atom. The number of rotatable bonds is 7. The number of amides is 1. The van der Waals surface area contributed by atoms with Gasteiger partial charge in [-0.15, -0.1) is 0 Å². The Bertz CT molecular complexity index is 925. The van der Waals surface area contributed by atoms with Crippen LogP contribution >= 0.6 is 12.2 Å². The molecule has 0 heterocycles. The number of carbonyl (C=O) groups is 1. The highest BCUT2D eigenvalue weighted by molar-refractivity contribution is 7.80. The van der Waals surface area contributed by atoms with Gasteiger partial charge in [0.15, 0.2) is 11.3 Å². The minimum atomic E-state index is -0.822. The molecule has 0 spiro atoms. The minimum Gasteiger partial charge on any atom is -0.508 e. The quantitative estimate of drug-likeness (QED) is 0.207. The van der Waals surface area contributed by atoms with Crippen LogP contribution < -0.4 is 10.6 Å². The van der Waals surface area contributed by atoms with E-state index < -0.39 is 16.9 Å². The third-order valence-corrected chi connectivity index (χ3v) is 4.24. The molecule has 1 amide bonds. The molecule has 29 heavy (non-hydrogen) atoms. The molecule has 0 aliphatic carbocycles. The van der Waals surface area contributed by atoms with Crippen LogP contribution in [0.15, 0.2) is 48.5 Å². The van der Waals surface area contributed by atoms with Gasteiger partial charge in [-0.3, -0.25) is 14.9 Å². The van der Waals surface area contributed by atoms with Gasteiger partial charge < -0.3 is 15.7 Å². The minimum absolute atomic E-state index is 0.0533. The molecule has 2 rings (SSSR count). The summed E-state index contributed by atoms with van der Waals surface area (Å²) < 4.78 is 0. The molecule has 2 aromatic carbocycles. The Kier molecular flexibility index (Phi) is 7.45. The van der Waals surface area contributed by atoms with E-state index in [0.29, 0.717) is 5.69 Å². The average Bonchev–Trinajstić information content (AvgIpc) is 2.70. The van der Waals surface area contributed by atoms with E-state index in [4.69, 9.17) is 12.2 Å². The number of nitrogens with one attached hydrogen (secondary N) is 2. The summed E-state index contributed by atoms with van der Waals surface area (Å²) in [5.74, 6) is -0.344. The number of anilines is 1. The number of thiocarbonyl (C=S) groups is 1. The van der Waals surface area contributed by atoms with Crippen LogP contribution in [0.2, 0.25) is 0 Å². The van der Waals surface area contributed by atoms with Gasteiger partial charge in [0, 0.05) is 30.8 Å². The molecule has 0 bridgehead atoms. The van der Waals surface area contributed by atoms with Crippen molar-refractivity contribution in [1.29, 1.82) is 5.26 Å². The fourth-order valence-electron chi connectivity index (χ4n) is 2.52. The first-order chi connectivity index (χ1) is 13.8. The standard InChI is InChI=1S/C19H19N5O4S/c1-2-23(12-20)18(26)17(11-13-3-9-16(25)10-4-13)22-19(29)21-14-5-7-15(8-6-14)24(27)28/h3-10,17,25H,2,11H2,1H3,(H2,21,22,29). The van der Waals surface area contributed by atoms with Crippen LogP contribution in [-0.2, 0) is 11.2 Å². The van der Waals surface area contributed by atoms with Crippen molar-refractivity contribution in [2.45, 2.75) is 19.4 Å². The third kappa shape index (κ3) is 6.15. The number of hydrogen-bond donors (Lipinski definition) is 3. The lowest BCUT2D eigenvalue weighted by Crippen LogP contribution is -2.49. The highest BCUT2D eigenvalue weighted by Crippen LogP contribution is 2.16. The van der Waals surface area contributed by atoms with E-state index in [9.17, 15) is 25.3 Å². The van der Waals surface area contributed by atoms with Gasteiger partial charge >= 0.3 is 0 Å². The molecule has 3 N–H and O–H groups in total. The fraction of sp³-hybridized carbons (Fsp3) is 0.211. The maximum atomic E-state index is 12.7. The molecule has 1 atom stereocenters.